The smallest absolute Gasteiger partial charge is 0.164 e. The Morgan fingerprint density at radius 2 is 1.76 bits per heavy atom. The van der Waals surface area contributed by atoms with Gasteiger partial charge in [-0.3, -0.25) is 0 Å². The molecule has 2 aromatic carbocycles. The van der Waals surface area contributed by atoms with Crippen LogP contribution in [0.4, 0.5) is 24.7 Å². The van der Waals surface area contributed by atoms with Crippen molar-refractivity contribution in [2.45, 2.75) is 24.5 Å². The molecule has 9 nitrogen and oxygen atoms in total. The minimum Gasteiger partial charge on any atom is -0.493 e. The number of hydrogen-bond donors (Lipinski definition) is 5. The summed E-state index contributed by atoms with van der Waals surface area (Å²) >= 11 is 3.09. The number of methoxy groups -OCH3 is 1. The summed E-state index contributed by atoms with van der Waals surface area (Å²) in [5, 5.41) is 41.5. The van der Waals surface area contributed by atoms with E-state index in [-0.39, 0.29) is 33.0 Å². The number of aliphatic hydroxyl groups is 4. The summed E-state index contributed by atoms with van der Waals surface area (Å²) in [5.41, 5.74) is 0.209. The summed E-state index contributed by atoms with van der Waals surface area (Å²) in [6, 6.07) is 4.59. The van der Waals surface area contributed by atoms with Crippen LogP contribution in [0.2, 0.25) is 0 Å². The molecule has 0 saturated carbocycles. The summed E-state index contributed by atoms with van der Waals surface area (Å²) < 4.78 is 52.2. The molecule has 34 heavy (non-hydrogen) atoms. The predicted molar refractivity (Wildman–Crippen MR) is 119 cm³/mol. The quantitative estimate of drug-likeness (QED) is 0.258. The van der Waals surface area contributed by atoms with E-state index < -0.39 is 49.3 Å². The van der Waals surface area contributed by atoms with Gasteiger partial charge in [0.2, 0.25) is 0 Å². The first kappa shape index (κ1) is 25.9. The minimum atomic E-state index is -2.15. The van der Waals surface area contributed by atoms with Gasteiger partial charge in [-0.05, 0) is 28.1 Å². The molecule has 0 aliphatic heterocycles. The molecule has 184 valence electrons. The molecule has 0 aliphatic carbocycles. The van der Waals surface area contributed by atoms with Crippen molar-refractivity contribution in [2.24, 2.45) is 0 Å². The van der Waals surface area contributed by atoms with Crippen LogP contribution in [0.25, 0.3) is 10.9 Å². The number of alkyl halides is 1. The molecule has 0 aliphatic rings. The topological polar surface area (TPSA) is 137 Å². The molecule has 1 heterocycles. The van der Waals surface area contributed by atoms with Gasteiger partial charge in [0, 0.05) is 22.0 Å². The van der Waals surface area contributed by atoms with E-state index in [1.807, 2.05) is 0 Å². The monoisotopic (exact) mass is 547 g/mol. The van der Waals surface area contributed by atoms with Crippen LogP contribution in [0.15, 0.2) is 35.1 Å². The number of rotatable bonds is 10. The van der Waals surface area contributed by atoms with Gasteiger partial charge in [-0.25, -0.2) is 23.1 Å². The predicted octanol–water partition coefficient (Wildman–Crippen LogP) is 2.21. The molecular weight excluding hydrogens is 527 g/mol. The van der Waals surface area contributed by atoms with Crippen LogP contribution >= 0.6 is 15.9 Å². The SMILES string of the molecule is COc1cc2c(Nc3c(F)cc(F)cc3Br)ncnc2cc1O[C@H](CO)[C@H](O)[C@@H](O)[C@H](F)CO. The average molecular weight is 548 g/mol. The molecule has 0 bridgehead atoms. The fourth-order valence-corrected chi connectivity index (χ4v) is 3.62. The lowest BCUT2D eigenvalue weighted by atomic mass is 10.0. The maximum atomic E-state index is 14.3. The van der Waals surface area contributed by atoms with Crippen molar-refractivity contribution >= 4 is 38.3 Å². The number of ether oxygens (including phenoxy) is 2. The van der Waals surface area contributed by atoms with Crippen LogP contribution in [0.3, 0.4) is 0 Å². The molecule has 3 aromatic rings. The van der Waals surface area contributed by atoms with E-state index >= 15 is 0 Å². The van der Waals surface area contributed by atoms with E-state index in [0.717, 1.165) is 6.07 Å². The van der Waals surface area contributed by atoms with Gasteiger partial charge in [0.15, 0.2) is 29.6 Å². The van der Waals surface area contributed by atoms with E-state index in [1.54, 1.807) is 0 Å². The summed E-state index contributed by atoms with van der Waals surface area (Å²) in [7, 11) is 1.31. The first-order chi connectivity index (χ1) is 16.2. The molecule has 0 amide bonds. The summed E-state index contributed by atoms with van der Waals surface area (Å²) in [4.78, 5) is 8.20. The second-order valence-electron chi connectivity index (χ2n) is 7.13. The van der Waals surface area contributed by atoms with Gasteiger partial charge in [0.1, 0.15) is 30.2 Å². The molecule has 0 fully saturated rings. The zero-order valence-corrected chi connectivity index (χ0v) is 19.2. The average Bonchev–Trinajstić information content (AvgIpc) is 2.82. The van der Waals surface area contributed by atoms with E-state index in [4.69, 9.17) is 14.6 Å². The lowest BCUT2D eigenvalue weighted by Gasteiger charge is -2.28. The third-order valence-corrected chi connectivity index (χ3v) is 5.53. The molecule has 4 atom stereocenters. The van der Waals surface area contributed by atoms with Crippen molar-refractivity contribution in [3.63, 3.8) is 0 Å². The fourth-order valence-electron chi connectivity index (χ4n) is 3.12. The Hall–Kier alpha value is -2.71. The number of aromatic nitrogens is 2. The number of aliphatic hydroxyl groups excluding tert-OH is 4. The summed E-state index contributed by atoms with van der Waals surface area (Å²) in [6.07, 6.45) is -6.36. The van der Waals surface area contributed by atoms with Gasteiger partial charge >= 0.3 is 0 Å². The van der Waals surface area contributed by atoms with Crippen LogP contribution in [0.5, 0.6) is 11.5 Å². The third-order valence-electron chi connectivity index (χ3n) is 4.91. The third kappa shape index (κ3) is 5.50. The molecule has 1 aromatic heterocycles. The van der Waals surface area contributed by atoms with Crippen molar-refractivity contribution in [3.8, 4) is 11.5 Å². The zero-order chi connectivity index (χ0) is 25.0. The van der Waals surface area contributed by atoms with Crippen LogP contribution in [-0.4, -0.2) is 75.2 Å². The van der Waals surface area contributed by atoms with Crippen LogP contribution in [-0.2, 0) is 0 Å². The summed E-state index contributed by atoms with van der Waals surface area (Å²) in [6.45, 7) is -1.83. The maximum absolute atomic E-state index is 14.3. The van der Waals surface area contributed by atoms with E-state index in [9.17, 15) is 28.5 Å². The normalized spacial score (nSPS) is 15.0. The Balaban J connectivity index is 1.97. The largest absolute Gasteiger partial charge is 0.493 e. The summed E-state index contributed by atoms with van der Waals surface area (Å²) in [5.74, 6) is -1.41. The molecule has 13 heteroatoms. The van der Waals surface area contributed by atoms with Gasteiger partial charge < -0.3 is 35.2 Å². The van der Waals surface area contributed by atoms with Crippen molar-refractivity contribution in [3.05, 3.63) is 46.7 Å². The number of nitrogens with zero attached hydrogens (tertiary/aromatic N) is 2. The van der Waals surface area contributed by atoms with E-state index in [0.29, 0.717) is 11.5 Å². The maximum Gasteiger partial charge on any atom is 0.164 e. The van der Waals surface area contributed by atoms with Gasteiger partial charge in [-0.15, -0.1) is 0 Å². The highest BCUT2D eigenvalue weighted by Gasteiger charge is 2.34. The van der Waals surface area contributed by atoms with Crippen LogP contribution in [0, 0.1) is 11.6 Å². The van der Waals surface area contributed by atoms with Crippen molar-refractivity contribution in [1.29, 1.82) is 0 Å². The molecule has 0 saturated heterocycles. The van der Waals surface area contributed by atoms with E-state index in [2.05, 4.69) is 31.2 Å². The molecule has 3 rings (SSSR count). The highest BCUT2D eigenvalue weighted by Crippen LogP contribution is 2.37. The lowest BCUT2D eigenvalue weighted by molar-refractivity contribution is -0.0981. The number of anilines is 2. The highest BCUT2D eigenvalue weighted by atomic mass is 79.9. The second kappa shape index (κ2) is 11.1. The minimum absolute atomic E-state index is 0.0153. The van der Waals surface area contributed by atoms with Gasteiger partial charge in [0.25, 0.3) is 0 Å². The van der Waals surface area contributed by atoms with Crippen molar-refractivity contribution in [2.75, 3.05) is 25.6 Å². The Kier molecular flexibility index (Phi) is 8.49. The van der Waals surface area contributed by atoms with Gasteiger partial charge in [-0.1, -0.05) is 0 Å². The zero-order valence-electron chi connectivity index (χ0n) is 17.6. The number of hydrogen-bond acceptors (Lipinski definition) is 9. The Morgan fingerprint density at radius 1 is 1.03 bits per heavy atom. The molecule has 0 spiro atoms. The number of fused-ring (bicyclic) bond motifs is 1. The van der Waals surface area contributed by atoms with Gasteiger partial charge in [0.05, 0.1) is 31.5 Å². The Bertz CT molecular complexity index is 1140. The second-order valence-corrected chi connectivity index (χ2v) is 7.98. The number of nitrogens with one attached hydrogen (secondary N) is 1. The van der Waals surface area contributed by atoms with Crippen molar-refractivity contribution < 1.29 is 43.1 Å². The standard InChI is InChI=1S/C21H21BrF3N3O6/c1-33-15-4-10-14(5-16(15)34-17(7-30)20(32)19(31)13(25)6-29)26-8-27-21(10)28-18-11(22)2-9(23)3-12(18)24/h2-5,8,13,17,19-20,29-32H,6-7H2,1H3,(H,26,27,28)/t13-,17-,19+,20+/m1/s1. The number of halogens is 4. The van der Waals surface area contributed by atoms with Crippen LogP contribution in [0.1, 0.15) is 0 Å². The van der Waals surface area contributed by atoms with Crippen LogP contribution < -0.4 is 14.8 Å². The molecule has 0 radical (unpaired) electrons. The van der Waals surface area contributed by atoms with E-state index in [1.165, 1.54) is 25.6 Å². The first-order valence-electron chi connectivity index (χ1n) is 9.83. The molecule has 5 N–H and O–H groups in total. The van der Waals surface area contributed by atoms with Crippen molar-refractivity contribution in [1.82, 2.24) is 9.97 Å². The molecule has 0 unspecified atom stereocenters. The Labute approximate surface area is 199 Å². The van der Waals surface area contributed by atoms with Gasteiger partial charge in [-0.2, -0.15) is 0 Å². The highest BCUT2D eigenvalue weighted by molar-refractivity contribution is 9.10. The number of benzene rings is 2. The molecular formula is C21H21BrF3N3O6. The fraction of sp³-hybridized carbons (Fsp3) is 0.333. The lowest BCUT2D eigenvalue weighted by Crippen LogP contribution is -2.48. The first-order valence-corrected chi connectivity index (χ1v) is 10.6. The Morgan fingerprint density at radius 3 is 2.38 bits per heavy atom.